The molecule has 0 aliphatic heterocycles. The van der Waals surface area contributed by atoms with E-state index >= 15 is 0 Å². The molecule has 118 valence electrons. The van der Waals surface area contributed by atoms with Gasteiger partial charge in [-0.05, 0) is 38.2 Å². The predicted octanol–water partition coefficient (Wildman–Crippen LogP) is 2.56. The zero-order valence-electron chi connectivity index (χ0n) is 12.7. The molecule has 0 amide bonds. The van der Waals surface area contributed by atoms with Crippen LogP contribution in [0.1, 0.15) is 32.1 Å². The summed E-state index contributed by atoms with van der Waals surface area (Å²) in [6.45, 7) is 2.62. The van der Waals surface area contributed by atoms with Gasteiger partial charge in [-0.15, -0.1) is 24.0 Å². The summed E-state index contributed by atoms with van der Waals surface area (Å²) in [6.07, 6.45) is 12.5. The van der Waals surface area contributed by atoms with Crippen LogP contribution in [-0.4, -0.2) is 35.9 Å². The Bertz CT molecular complexity index is 439. The molecule has 1 aromatic heterocycles. The zero-order chi connectivity index (χ0) is 14.0. The van der Waals surface area contributed by atoms with Crippen molar-refractivity contribution < 1.29 is 0 Å². The van der Waals surface area contributed by atoms with Gasteiger partial charge in [0, 0.05) is 32.5 Å². The van der Waals surface area contributed by atoms with Crippen LogP contribution in [0.2, 0.25) is 0 Å². The minimum Gasteiger partial charge on any atom is -0.356 e. The number of nitrogens with one attached hydrogen (secondary N) is 2. The predicted molar refractivity (Wildman–Crippen MR) is 98.2 cm³/mol. The summed E-state index contributed by atoms with van der Waals surface area (Å²) in [6, 6.07) is 1.94. The first-order chi connectivity index (χ1) is 9.88. The second kappa shape index (κ2) is 10.6. The Morgan fingerprint density at radius 1 is 1.33 bits per heavy atom. The van der Waals surface area contributed by atoms with Crippen molar-refractivity contribution in [2.75, 3.05) is 20.1 Å². The van der Waals surface area contributed by atoms with Gasteiger partial charge in [0.25, 0.3) is 0 Å². The molecular formula is C15H26IN5. The van der Waals surface area contributed by atoms with Gasteiger partial charge in [0.15, 0.2) is 5.96 Å². The number of aromatic nitrogens is 2. The first-order valence-corrected chi connectivity index (χ1v) is 7.48. The van der Waals surface area contributed by atoms with Crippen molar-refractivity contribution >= 4 is 29.9 Å². The number of hydrogen-bond donors (Lipinski definition) is 2. The maximum absolute atomic E-state index is 4.23. The summed E-state index contributed by atoms with van der Waals surface area (Å²) in [5.41, 5.74) is 1.59. The minimum atomic E-state index is 0. The third-order valence-electron chi connectivity index (χ3n) is 3.54. The van der Waals surface area contributed by atoms with Gasteiger partial charge in [-0.2, -0.15) is 5.10 Å². The Kier molecular flexibility index (Phi) is 9.12. The number of nitrogens with zero attached hydrogens (tertiary/aromatic N) is 3. The van der Waals surface area contributed by atoms with E-state index in [-0.39, 0.29) is 24.0 Å². The maximum Gasteiger partial charge on any atom is 0.191 e. The van der Waals surface area contributed by atoms with Crippen molar-refractivity contribution in [2.24, 2.45) is 4.99 Å². The Labute approximate surface area is 144 Å². The molecular weight excluding hydrogens is 377 g/mol. The van der Waals surface area contributed by atoms with E-state index in [1.165, 1.54) is 25.7 Å². The van der Waals surface area contributed by atoms with Crippen LogP contribution in [0, 0.1) is 0 Å². The van der Waals surface area contributed by atoms with Crippen LogP contribution in [0.25, 0.3) is 0 Å². The van der Waals surface area contributed by atoms with E-state index in [9.17, 15) is 0 Å². The second-order valence-electron chi connectivity index (χ2n) is 5.05. The fraction of sp³-hybridized carbons (Fsp3) is 0.600. The zero-order valence-corrected chi connectivity index (χ0v) is 15.0. The van der Waals surface area contributed by atoms with Gasteiger partial charge >= 0.3 is 0 Å². The maximum atomic E-state index is 4.23. The molecule has 0 unspecified atom stereocenters. The highest BCUT2D eigenvalue weighted by atomic mass is 127. The molecule has 6 heteroatoms. The lowest BCUT2D eigenvalue weighted by Crippen LogP contribution is -2.39. The molecule has 0 saturated heterocycles. The molecule has 0 saturated carbocycles. The molecule has 1 aromatic rings. The molecule has 0 radical (unpaired) electrons. The highest BCUT2D eigenvalue weighted by Crippen LogP contribution is 2.19. The second-order valence-corrected chi connectivity index (χ2v) is 5.05. The smallest absolute Gasteiger partial charge is 0.191 e. The van der Waals surface area contributed by atoms with Crippen molar-refractivity contribution in [3.05, 3.63) is 30.1 Å². The van der Waals surface area contributed by atoms with E-state index in [4.69, 9.17) is 0 Å². The summed E-state index contributed by atoms with van der Waals surface area (Å²) in [7, 11) is 1.81. The van der Waals surface area contributed by atoms with Crippen molar-refractivity contribution in [2.45, 2.75) is 38.6 Å². The molecule has 2 N–H and O–H groups in total. The van der Waals surface area contributed by atoms with Crippen molar-refractivity contribution in [3.63, 3.8) is 0 Å². The van der Waals surface area contributed by atoms with E-state index in [0.717, 1.165) is 32.0 Å². The van der Waals surface area contributed by atoms with Gasteiger partial charge in [0.2, 0.25) is 0 Å². The number of guanidine groups is 1. The number of aliphatic imine (C=N–C) groups is 1. The van der Waals surface area contributed by atoms with E-state index < -0.39 is 0 Å². The normalized spacial score (nSPS) is 15.1. The lowest BCUT2D eigenvalue weighted by atomic mass is 9.97. The van der Waals surface area contributed by atoms with Crippen LogP contribution in [0.3, 0.4) is 0 Å². The molecule has 1 aliphatic rings. The fourth-order valence-corrected chi connectivity index (χ4v) is 2.42. The fourth-order valence-electron chi connectivity index (χ4n) is 2.42. The highest BCUT2D eigenvalue weighted by Gasteiger charge is 2.04. The molecule has 5 nitrogen and oxygen atoms in total. The van der Waals surface area contributed by atoms with E-state index in [0.29, 0.717) is 0 Å². The third-order valence-corrected chi connectivity index (χ3v) is 3.54. The summed E-state index contributed by atoms with van der Waals surface area (Å²) in [5.74, 6) is 0.869. The summed E-state index contributed by atoms with van der Waals surface area (Å²) in [4.78, 5) is 4.23. The Hall–Kier alpha value is -1.05. The van der Waals surface area contributed by atoms with Gasteiger partial charge < -0.3 is 10.6 Å². The van der Waals surface area contributed by atoms with Crippen molar-refractivity contribution in [3.8, 4) is 0 Å². The van der Waals surface area contributed by atoms with E-state index in [2.05, 4.69) is 26.8 Å². The Morgan fingerprint density at radius 3 is 2.86 bits per heavy atom. The lowest BCUT2D eigenvalue weighted by molar-refractivity contribution is 0.597. The first kappa shape index (κ1) is 18.0. The quantitative estimate of drug-likeness (QED) is 0.332. The number of halogens is 1. The molecule has 0 atom stereocenters. The van der Waals surface area contributed by atoms with E-state index in [1.807, 2.05) is 24.0 Å². The number of allylic oxidation sites excluding steroid dienone is 1. The molecule has 2 rings (SSSR count). The highest BCUT2D eigenvalue weighted by molar-refractivity contribution is 14.0. The molecule has 1 aliphatic carbocycles. The van der Waals surface area contributed by atoms with Crippen LogP contribution in [-0.2, 0) is 6.54 Å². The monoisotopic (exact) mass is 403 g/mol. The standard InChI is InChI=1S/C15H25N5.HI/c1-16-15(18-11-13-20-12-5-9-19-20)17-10-8-14-6-3-2-4-7-14;/h5-6,9,12H,2-4,7-8,10-11,13H2,1H3,(H2,16,17,18);1H. The SMILES string of the molecule is CN=C(NCCC1=CCCCC1)NCCn1cccn1.I. The minimum absolute atomic E-state index is 0. The van der Waals surface area contributed by atoms with Gasteiger partial charge in [0.05, 0.1) is 6.54 Å². The third kappa shape index (κ3) is 6.97. The summed E-state index contributed by atoms with van der Waals surface area (Å²) < 4.78 is 1.91. The average molecular weight is 403 g/mol. The van der Waals surface area contributed by atoms with Crippen LogP contribution in [0.15, 0.2) is 35.1 Å². The van der Waals surface area contributed by atoms with Crippen LogP contribution >= 0.6 is 24.0 Å². The van der Waals surface area contributed by atoms with Crippen molar-refractivity contribution in [1.82, 2.24) is 20.4 Å². The van der Waals surface area contributed by atoms with Crippen molar-refractivity contribution in [1.29, 1.82) is 0 Å². The number of hydrogen-bond acceptors (Lipinski definition) is 2. The van der Waals surface area contributed by atoms with Gasteiger partial charge in [-0.1, -0.05) is 11.6 Å². The largest absolute Gasteiger partial charge is 0.356 e. The topological polar surface area (TPSA) is 54.2 Å². The molecule has 21 heavy (non-hydrogen) atoms. The van der Waals surface area contributed by atoms with Gasteiger partial charge in [-0.25, -0.2) is 0 Å². The molecule has 0 spiro atoms. The van der Waals surface area contributed by atoms with Gasteiger partial charge in [-0.3, -0.25) is 9.67 Å². The number of rotatable bonds is 6. The Morgan fingerprint density at radius 2 is 2.19 bits per heavy atom. The van der Waals surface area contributed by atoms with Crippen LogP contribution < -0.4 is 10.6 Å². The average Bonchev–Trinajstić information content (AvgIpc) is 3.00. The molecule has 0 aromatic carbocycles. The summed E-state index contributed by atoms with van der Waals surface area (Å²) in [5, 5.41) is 10.8. The molecule has 0 fully saturated rings. The Balaban J connectivity index is 0.00000220. The molecule has 0 bridgehead atoms. The van der Waals surface area contributed by atoms with Crippen LogP contribution in [0.4, 0.5) is 0 Å². The first-order valence-electron chi connectivity index (χ1n) is 7.48. The lowest BCUT2D eigenvalue weighted by Gasteiger charge is -2.15. The van der Waals surface area contributed by atoms with Gasteiger partial charge in [0.1, 0.15) is 0 Å². The summed E-state index contributed by atoms with van der Waals surface area (Å²) >= 11 is 0. The van der Waals surface area contributed by atoms with Crippen LogP contribution in [0.5, 0.6) is 0 Å². The molecule has 1 heterocycles. The van der Waals surface area contributed by atoms with E-state index in [1.54, 1.807) is 11.8 Å².